The van der Waals surface area contributed by atoms with Crippen molar-refractivity contribution in [1.82, 2.24) is 9.78 Å². The van der Waals surface area contributed by atoms with E-state index in [1.54, 1.807) is 19.9 Å². The molecule has 94 valence electrons. The van der Waals surface area contributed by atoms with Crippen LogP contribution in [0.1, 0.15) is 21.7 Å². The van der Waals surface area contributed by atoms with Crippen LogP contribution < -0.4 is 11.5 Å². The SMILES string of the molecule is Cc1nn(-c2cccc(F)c2C(N)=O)c(C)c1N. The summed E-state index contributed by atoms with van der Waals surface area (Å²) in [6.07, 6.45) is 0. The highest BCUT2D eigenvalue weighted by atomic mass is 19.1. The van der Waals surface area contributed by atoms with Crippen molar-refractivity contribution in [3.63, 3.8) is 0 Å². The number of halogens is 1. The summed E-state index contributed by atoms with van der Waals surface area (Å²) in [5, 5.41) is 4.18. The largest absolute Gasteiger partial charge is 0.396 e. The maximum Gasteiger partial charge on any atom is 0.253 e. The normalized spacial score (nSPS) is 10.6. The Morgan fingerprint density at radius 2 is 2.06 bits per heavy atom. The Morgan fingerprint density at radius 3 is 2.56 bits per heavy atom. The summed E-state index contributed by atoms with van der Waals surface area (Å²) in [6, 6.07) is 4.24. The summed E-state index contributed by atoms with van der Waals surface area (Å²) >= 11 is 0. The number of carbonyl (C=O) groups is 1. The average molecular weight is 248 g/mol. The minimum absolute atomic E-state index is 0.192. The first-order valence-corrected chi connectivity index (χ1v) is 5.34. The molecule has 6 heteroatoms. The molecule has 1 aromatic carbocycles. The van der Waals surface area contributed by atoms with Crippen molar-refractivity contribution < 1.29 is 9.18 Å². The molecule has 0 aliphatic carbocycles. The van der Waals surface area contributed by atoms with Gasteiger partial charge in [-0.3, -0.25) is 4.79 Å². The molecule has 1 aromatic heterocycles. The third-order valence-corrected chi connectivity index (χ3v) is 2.81. The van der Waals surface area contributed by atoms with Crippen molar-refractivity contribution in [2.24, 2.45) is 5.73 Å². The number of benzene rings is 1. The second-order valence-electron chi connectivity index (χ2n) is 3.99. The molecule has 1 amide bonds. The van der Waals surface area contributed by atoms with Crippen LogP contribution in [-0.4, -0.2) is 15.7 Å². The van der Waals surface area contributed by atoms with Crippen molar-refractivity contribution in [2.75, 3.05) is 5.73 Å². The zero-order valence-corrected chi connectivity index (χ0v) is 10.1. The molecule has 0 spiro atoms. The van der Waals surface area contributed by atoms with Crippen LogP contribution in [0.3, 0.4) is 0 Å². The van der Waals surface area contributed by atoms with E-state index >= 15 is 0 Å². The van der Waals surface area contributed by atoms with Gasteiger partial charge in [-0.2, -0.15) is 5.10 Å². The number of amides is 1. The van der Waals surface area contributed by atoms with Crippen LogP contribution in [0, 0.1) is 19.7 Å². The number of hydrogen-bond donors (Lipinski definition) is 2. The number of primary amides is 1. The number of hydrogen-bond acceptors (Lipinski definition) is 3. The number of nitrogens with zero attached hydrogens (tertiary/aromatic N) is 2. The molecule has 0 bridgehead atoms. The third-order valence-electron chi connectivity index (χ3n) is 2.81. The maximum absolute atomic E-state index is 13.7. The lowest BCUT2D eigenvalue weighted by atomic mass is 10.1. The molecule has 4 N–H and O–H groups in total. The van der Waals surface area contributed by atoms with E-state index in [1.165, 1.54) is 16.8 Å². The zero-order valence-electron chi connectivity index (χ0n) is 10.1. The third kappa shape index (κ3) is 1.71. The molecule has 0 atom stereocenters. The minimum Gasteiger partial charge on any atom is -0.396 e. The van der Waals surface area contributed by atoms with Crippen LogP contribution in [-0.2, 0) is 0 Å². The van der Waals surface area contributed by atoms with Crippen molar-refractivity contribution in [1.29, 1.82) is 0 Å². The van der Waals surface area contributed by atoms with Gasteiger partial charge in [-0.1, -0.05) is 6.07 Å². The van der Waals surface area contributed by atoms with Gasteiger partial charge in [0.2, 0.25) is 0 Å². The van der Waals surface area contributed by atoms with Gasteiger partial charge in [0.05, 0.1) is 22.8 Å². The lowest BCUT2D eigenvalue weighted by molar-refractivity contribution is 0.0996. The average Bonchev–Trinajstić information content (AvgIpc) is 2.56. The van der Waals surface area contributed by atoms with E-state index in [1.807, 2.05) is 0 Å². The van der Waals surface area contributed by atoms with E-state index in [2.05, 4.69) is 5.10 Å². The van der Waals surface area contributed by atoms with E-state index in [4.69, 9.17) is 11.5 Å². The quantitative estimate of drug-likeness (QED) is 0.840. The number of anilines is 1. The summed E-state index contributed by atoms with van der Waals surface area (Å²) in [6.45, 7) is 3.48. The molecular weight excluding hydrogens is 235 g/mol. The molecule has 0 fully saturated rings. The molecular formula is C12H13FN4O. The summed E-state index contributed by atoms with van der Waals surface area (Å²) < 4.78 is 15.1. The van der Waals surface area contributed by atoms with Gasteiger partial charge in [0.1, 0.15) is 11.4 Å². The molecule has 0 saturated heterocycles. The monoisotopic (exact) mass is 248 g/mol. The van der Waals surface area contributed by atoms with Crippen molar-refractivity contribution in [2.45, 2.75) is 13.8 Å². The zero-order chi connectivity index (χ0) is 13.4. The molecule has 5 nitrogen and oxygen atoms in total. The topological polar surface area (TPSA) is 86.9 Å². The smallest absolute Gasteiger partial charge is 0.253 e. The fourth-order valence-corrected chi connectivity index (χ4v) is 1.82. The van der Waals surface area contributed by atoms with Gasteiger partial charge in [-0.05, 0) is 26.0 Å². The fourth-order valence-electron chi connectivity index (χ4n) is 1.82. The molecule has 0 saturated carbocycles. The van der Waals surface area contributed by atoms with E-state index in [0.717, 1.165) is 0 Å². The summed E-state index contributed by atoms with van der Waals surface area (Å²) in [7, 11) is 0. The highest BCUT2D eigenvalue weighted by Gasteiger charge is 2.18. The minimum atomic E-state index is -0.839. The van der Waals surface area contributed by atoms with Crippen molar-refractivity contribution >= 4 is 11.6 Å². The Hall–Kier alpha value is -2.37. The highest BCUT2D eigenvalue weighted by Crippen LogP contribution is 2.23. The lowest BCUT2D eigenvalue weighted by Crippen LogP contribution is -2.17. The molecule has 2 aromatic rings. The molecule has 18 heavy (non-hydrogen) atoms. The Bertz CT molecular complexity index is 633. The van der Waals surface area contributed by atoms with Crippen molar-refractivity contribution in [3.05, 3.63) is 41.0 Å². The molecule has 0 unspecified atom stereocenters. The summed E-state index contributed by atoms with van der Waals surface area (Å²) in [4.78, 5) is 11.3. The molecule has 0 aliphatic heterocycles. The van der Waals surface area contributed by atoms with Gasteiger partial charge in [0.15, 0.2) is 0 Å². The summed E-state index contributed by atoms with van der Waals surface area (Å²) in [5.74, 6) is -1.51. The predicted octanol–water partition coefficient (Wildman–Crippen LogP) is 1.31. The molecule has 2 rings (SSSR count). The van der Waals surface area contributed by atoms with Crippen LogP contribution in [0.15, 0.2) is 18.2 Å². The van der Waals surface area contributed by atoms with E-state index < -0.39 is 11.7 Å². The Morgan fingerprint density at radius 1 is 1.39 bits per heavy atom. The van der Waals surface area contributed by atoms with E-state index in [0.29, 0.717) is 22.8 Å². The number of aryl methyl sites for hydroxylation is 1. The van der Waals surface area contributed by atoms with Crippen molar-refractivity contribution in [3.8, 4) is 5.69 Å². The van der Waals surface area contributed by atoms with E-state index in [9.17, 15) is 9.18 Å². The number of aromatic nitrogens is 2. The Balaban J connectivity index is 2.75. The standard InChI is InChI=1S/C12H13FN4O/c1-6-11(14)7(2)17(16-6)9-5-3-4-8(13)10(9)12(15)18/h3-5H,14H2,1-2H3,(H2,15,18). The fraction of sp³-hybridized carbons (Fsp3) is 0.167. The first-order chi connectivity index (χ1) is 8.43. The van der Waals surface area contributed by atoms with Crippen LogP contribution in [0.2, 0.25) is 0 Å². The maximum atomic E-state index is 13.7. The first-order valence-electron chi connectivity index (χ1n) is 5.34. The Labute approximate surface area is 103 Å². The number of nitrogens with two attached hydrogens (primary N) is 2. The lowest BCUT2D eigenvalue weighted by Gasteiger charge is -2.09. The van der Waals surface area contributed by atoms with Crippen LogP contribution in [0.5, 0.6) is 0 Å². The Kier molecular flexibility index (Phi) is 2.78. The molecule has 0 radical (unpaired) electrons. The van der Waals surface area contributed by atoms with Gasteiger partial charge >= 0.3 is 0 Å². The van der Waals surface area contributed by atoms with Crippen LogP contribution in [0.25, 0.3) is 5.69 Å². The van der Waals surface area contributed by atoms with E-state index in [-0.39, 0.29) is 5.56 Å². The van der Waals surface area contributed by atoms with Gasteiger partial charge in [-0.15, -0.1) is 0 Å². The second-order valence-corrected chi connectivity index (χ2v) is 3.99. The van der Waals surface area contributed by atoms with Gasteiger partial charge < -0.3 is 11.5 Å². The second kappa shape index (κ2) is 4.14. The molecule has 1 heterocycles. The molecule has 0 aliphatic rings. The van der Waals surface area contributed by atoms with Gasteiger partial charge in [0.25, 0.3) is 5.91 Å². The van der Waals surface area contributed by atoms with Crippen LogP contribution in [0.4, 0.5) is 10.1 Å². The summed E-state index contributed by atoms with van der Waals surface area (Å²) in [5.41, 5.74) is 12.9. The number of rotatable bonds is 2. The van der Waals surface area contributed by atoms with Gasteiger partial charge in [0, 0.05) is 0 Å². The number of carbonyl (C=O) groups excluding carboxylic acids is 1. The number of nitrogen functional groups attached to an aromatic ring is 1. The highest BCUT2D eigenvalue weighted by molar-refractivity contribution is 5.96. The van der Waals surface area contributed by atoms with Crippen LogP contribution >= 0.6 is 0 Å². The predicted molar refractivity (Wildman–Crippen MR) is 65.9 cm³/mol. The first kappa shape index (κ1) is 12.1. The van der Waals surface area contributed by atoms with Gasteiger partial charge in [-0.25, -0.2) is 9.07 Å².